The van der Waals surface area contributed by atoms with Crippen molar-refractivity contribution < 1.29 is 13.2 Å². The molecule has 1 aromatic carbocycles. The van der Waals surface area contributed by atoms with Crippen LogP contribution in [0.25, 0.3) is 5.65 Å². The Morgan fingerprint density at radius 2 is 1.94 bits per heavy atom. The monoisotopic (exact) mass is 439 g/mol. The van der Waals surface area contributed by atoms with Crippen molar-refractivity contribution in [3.05, 3.63) is 66.1 Å². The molecule has 9 heteroatoms. The Kier molecular flexibility index (Phi) is 4.84. The van der Waals surface area contributed by atoms with Gasteiger partial charge in [0, 0.05) is 43.8 Å². The maximum absolute atomic E-state index is 12.9. The van der Waals surface area contributed by atoms with Crippen LogP contribution in [0.1, 0.15) is 28.8 Å². The second-order valence-electron chi connectivity index (χ2n) is 8.46. The minimum atomic E-state index is -3.48. The van der Waals surface area contributed by atoms with Crippen molar-refractivity contribution in [2.75, 3.05) is 26.7 Å². The molecule has 0 unspecified atom stereocenters. The lowest BCUT2D eigenvalue weighted by atomic mass is 9.90. The van der Waals surface area contributed by atoms with Crippen LogP contribution in [0, 0.1) is 0 Å². The summed E-state index contributed by atoms with van der Waals surface area (Å²) < 4.78 is 29.2. The molecular formula is C22H25N5O3S. The largest absolute Gasteiger partial charge is 0.348 e. The lowest BCUT2D eigenvalue weighted by Crippen LogP contribution is -2.67. The van der Waals surface area contributed by atoms with Gasteiger partial charge in [0.25, 0.3) is 5.91 Å². The lowest BCUT2D eigenvalue weighted by molar-refractivity contribution is 0.0379. The molecule has 8 nitrogen and oxygen atoms in total. The van der Waals surface area contributed by atoms with E-state index in [1.54, 1.807) is 63.7 Å². The van der Waals surface area contributed by atoms with Gasteiger partial charge in [0.15, 0.2) is 0 Å². The molecule has 162 valence electrons. The van der Waals surface area contributed by atoms with E-state index in [-0.39, 0.29) is 11.4 Å². The standard InChI is InChI=1S/C22H25N5O3S/c1-25-11-2-9-22(25)15-27(16-22)31(29,30)19-6-3-17(4-7-19)13-24-21(28)18-5-8-20-23-10-12-26(20)14-18/h3-8,10,12,14H,2,9,11,13,15-16H2,1H3,(H,24,28). The topological polar surface area (TPSA) is 87.0 Å². The Morgan fingerprint density at radius 1 is 1.16 bits per heavy atom. The summed E-state index contributed by atoms with van der Waals surface area (Å²) >= 11 is 0. The molecule has 0 atom stereocenters. The number of nitrogens with zero attached hydrogens (tertiary/aromatic N) is 4. The molecule has 2 fully saturated rings. The Hall–Kier alpha value is -2.75. The molecule has 2 aliphatic rings. The average molecular weight is 440 g/mol. The van der Waals surface area contributed by atoms with E-state index in [0.29, 0.717) is 30.1 Å². The highest BCUT2D eigenvalue weighted by molar-refractivity contribution is 7.89. The lowest BCUT2D eigenvalue weighted by Gasteiger charge is -2.50. The first-order chi connectivity index (χ1) is 14.9. The highest BCUT2D eigenvalue weighted by atomic mass is 32.2. The summed E-state index contributed by atoms with van der Waals surface area (Å²) in [6, 6.07) is 10.3. The molecular weight excluding hydrogens is 414 g/mol. The molecule has 0 radical (unpaired) electrons. The second kappa shape index (κ2) is 7.44. The molecule has 2 saturated heterocycles. The Balaban J connectivity index is 1.21. The molecule has 2 aromatic heterocycles. The van der Waals surface area contributed by atoms with E-state index in [2.05, 4.69) is 22.2 Å². The maximum Gasteiger partial charge on any atom is 0.253 e. The van der Waals surface area contributed by atoms with Gasteiger partial charge in [-0.25, -0.2) is 13.4 Å². The van der Waals surface area contributed by atoms with Gasteiger partial charge in [0.2, 0.25) is 10.0 Å². The van der Waals surface area contributed by atoms with Crippen LogP contribution in [0.4, 0.5) is 0 Å². The molecule has 31 heavy (non-hydrogen) atoms. The quantitative estimate of drug-likeness (QED) is 0.654. The van der Waals surface area contributed by atoms with Crippen molar-refractivity contribution in [1.29, 1.82) is 0 Å². The van der Waals surface area contributed by atoms with Crippen molar-refractivity contribution in [3.63, 3.8) is 0 Å². The van der Waals surface area contributed by atoms with Gasteiger partial charge in [-0.15, -0.1) is 0 Å². The van der Waals surface area contributed by atoms with Gasteiger partial charge in [0.05, 0.1) is 10.5 Å². The summed E-state index contributed by atoms with van der Waals surface area (Å²) in [5.74, 6) is -0.196. The summed E-state index contributed by atoms with van der Waals surface area (Å²) in [4.78, 5) is 19.2. The number of sulfonamides is 1. The number of likely N-dealkylation sites (tertiary alicyclic amines) is 1. The number of likely N-dealkylation sites (N-methyl/N-ethyl adjacent to an activating group) is 1. The molecule has 0 bridgehead atoms. The van der Waals surface area contributed by atoms with Gasteiger partial charge >= 0.3 is 0 Å². The zero-order chi connectivity index (χ0) is 21.6. The number of hydrogen-bond acceptors (Lipinski definition) is 5. The number of hydrogen-bond donors (Lipinski definition) is 1. The minimum Gasteiger partial charge on any atom is -0.348 e. The van der Waals surface area contributed by atoms with Crippen LogP contribution in [0.3, 0.4) is 0 Å². The van der Waals surface area contributed by atoms with E-state index in [4.69, 9.17) is 0 Å². The summed E-state index contributed by atoms with van der Waals surface area (Å²) in [5.41, 5.74) is 2.18. The molecule has 1 amide bonds. The van der Waals surface area contributed by atoms with Gasteiger partial charge in [-0.1, -0.05) is 12.1 Å². The van der Waals surface area contributed by atoms with Crippen LogP contribution in [-0.4, -0.2) is 65.1 Å². The smallest absolute Gasteiger partial charge is 0.253 e. The fourth-order valence-electron chi connectivity index (χ4n) is 4.52. The van der Waals surface area contributed by atoms with E-state index < -0.39 is 10.0 Å². The van der Waals surface area contributed by atoms with Gasteiger partial charge < -0.3 is 9.72 Å². The van der Waals surface area contributed by atoms with E-state index in [1.807, 2.05) is 0 Å². The number of aromatic nitrogens is 2. The SMILES string of the molecule is CN1CCCC12CN(S(=O)(=O)c1ccc(CNC(=O)c3ccc4nccn4c3)cc1)C2. The molecule has 1 spiro atoms. The zero-order valence-corrected chi connectivity index (χ0v) is 18.2. The molecule has 0 aliphatic carbocycles. The third-order valence-electron chi connectivity index (χ3n) is 6.55. The number of carbonyl (C=O) groups excluding carboxylic acids is 1. The first kappa shape index (κ1) is 20.2. The van der Waals surface area contributed by atoms with Crippen molar-refractivity contribution >= 4 is 21.6 Å². The fourth-order valence-corrected chi connectivity index (χ4v) is 6.12. The third-order valence-corrected chi connectivity index (χ3v) is 8.36. The van der Waals surface area contributed by atoms with Crippen molar-refractivity contribution in [3.8, 4) is 0 Å². The van der Waals surface area contributed by atoms with Crippen LogP contribution in [0.15, 0.2) is 59.9 Å². The van der Waals surface area contributed by atoms with Gasteiger partial charge in [-0.2, -0.15) is 4.31 Å². The van der Waals surface area contributed by atoms with Crippen molar-refractivity contribution in [2.24, 2.45) is 0 Å². The average Bonchev–Trinajstić information content (AvgIpc) is 3.36. The molecule has 1 N–H and O–H groups in total. The predicted molar refractivity (Wildman–Crippen MR) is 116 cm³/mol. The molecule has 4 heterocycles. The predicted octanol–water partition coefficient (Wildman–Crippen LogP) is 1.73. The highest BCUT2D eigenvalue weighted by Crippen LogP contribution is 2.39. The third kappa shape index (κ3) is 3.52. The summed E-state index contributed by atoms with van der Waals surface area (Å²) in [6.07, 6.45) is 7.38. The molecule has 2 aliphatic heterocycles. The maximum atomic E-state index is 12.9. The van der Waals surface area contributed by atoms with Crippen LogP contribution in [0.5, 0.6) is 0 Å². The number of carbonyl (C=O) groups is 1. The van der Waals surface area contributed by atoms with Crippen LogP contribution < -0.4 is 5.32 Å². The Morgan fingerprint density at radius 3 is 2.65 bits per heavy atom. The number of amides is 1. The van der Waals surface area contributed by atoms with Crippen molar-refractivity contribution in [2.45, 2.75) is 29.8 Å². The van der Waals surface area contributed by atoms with E-state index in [9.17, 15) is 13.2 Å². The Labute approximate surface area is 181 Å². The van der Waals surface area contributed by atoms with E-state index in [0.717, 1.165) is 30.6 Å². The molecule has 5 rings (SSSR count). The number of pyridine rings is 1. The first-order valence-corrected chi connectivity index (χ1v) is 11.8. The van der Waals surface area contributed by atoms with E-state index >= 15 is 0 Å². The number of imidazole rings is 1. The number of benzene rings is 1. The van der Waals surface area contributed by atoms with Crippen LogP contribution >= 0.6 is 0 Å². The summed E-state index contributed by atoms with van der Waals surface area (Å²) in [7, 11) is -1.41. The second-order valence-corrected chi connectivity index (χ2v) is 10.4. The van der Waals surface area contributed by atoms with Gasteiger partial charge in [-0.3, -0.25) is 9.69 Å². The van der Waals surface area contributed by atoms with Crippen LogP contribution in [0.2, 0.25) is 0 Å². The Bertz CT molecular complexity index is 1230. The minimum absolute atomic E-state index is 0.0248. The number of nitrogens with one attached hydrogen (secondary N) is 1. The van der Waals surface area contributed by atoms with Crippen LogP contribution in [-0.2, 0) is 16.6 Å². The number of rotatable bonds is 5. The van der Waals surface area contributed by atoms with Gasteiger partial charge in [0.1, 0.15) is 5.65 Å². The van der Waals surface area contributed by atoms with E-state index in [1.165, 1.54) is 0 Å². The zero-order valence-electron chi connectivity index (χ0n) is 17.4. The number of fused-ring (bicyclic) bond motifs is 1. The summed E-state index contributed by atoms with van der Waals surface area (Å²) in [6.45, 7) is 2.47. The fraction of sp³-hybridized carbons (Fsp3) is 0.364. The summed E-state index contributed by atoms with van der Waals surface area (Å²) in [5, 5.41) is 2.88. The molecule has 3 aromatic rings. The highest BCUT2D eigenvalue weighted by Gasteiger charge is 2.52. The van der Waals surface area contributed by atoms with Crippen molar-refractivity contribution in [1.82, 2.24) is 23.9 Å². The first-order valence-electron chi connectivity index (χ1n) is 10.4. The molecule has 0 saturated carbocycles. The van der Waals surface area contributed by atoms with Gasteiger partial charge in [-0.05, 0) is 56.3 Å². The normalized spacial score (nSPS) is 19.0.